The number of amides is 2. The highest BCUT2D eigenvalue weighted by atomic mass is 16.6. The van der Waals surface area contributed by atoms with E-state index < -0.39 is 0 Å². The molecule has 7 nitrogen and oxygen atoms in total. The third kappa shape index (κ3) is 6.58. The quantitative estimate of drug-likeness (QED) is 0.737. The van der Waals surface area contributed by atoms with Crippen LogP contribution in [0.5, 0.6) is 0 Å². The molecule has 2 unspecified atom stereocenters. The zero-order valence-corrected chi connectivity index (χ0v) is 16.0. The number of nitrogens with one attached hydrogen (secondary N) is 1. The number of likely N-dealkylation sites (tertiary alicyclic amines) is 1. The fourth-order valence-corrected chi connectivity index (χ4v) is 3.25. The van der Waals surface area contributed by atoms with E-state index in [-0.39, 0.29) is 36.4 Å². The second-order valence-electron chi connectivity index (χ2n) is 6.66. The van der Waals surface area contributed by atoms with Crippen molar-refractivity contribution in [2.75, 3.05) is 26.8 Å². The van der Waals surface area contributed by atoms with Crippen molar-refractivity contribution in [3.63, 3.8) is 0 Å². The number of carbonyl (C=O) groups excluding carboxylic acids is 3. The van der Waals surface area contributed by atoms with Gasteiger partial charge in [0.1, 0.15) is 0 Å². The number of piperidine rings is 1. The van der Waals surface area contributed by atoms with Crippen molar-refractivity contribution >= 4 is 18.0 Å². The predicted octanol–water partition coefficient (Wildman–Crippen LogP) is 2.15. The Morgan fingerprint density at radius 1 is 1.26 bits per heavy atom. The first-order chi connectivity index (χ1) is 13.0. The van der Waals surface area contributed by atoms with Crippen molar-refractivity contribution in [3.05, 3.63) is 35.9 Å². The van der Waals surface area contributed by atoms with E-state index in [2.05, 4.69) is 5.32 Å². The molecule has 0 spiro atoms. The second kappa shape index (κ2) is 10.5. The molecular formula is C20H28N2O5. The largest absolute Gasteiger partial charge is 0.469 e. The summed E-state index contributed by atoms with van der Waals surface area (Å²) in [5.74, 6) is -0.819. The first-order valence-corrected chi connectivity index (χ1v) is 9.36. The van der Waals surface area contributed by atoms with Gasteiger partial charge in [0.25, 0.3) is 0 Å². The Hall–Kier alpha value is -2.57. The van der Waals surface area contributed by atoms with Crippen LogP contribution in [0.1, 0.15) is 31.7 Å². The SMILES string of the molecule is CCOC(=O)N1CCCC(C(=O)NC(CC(=O)OC)Cc2ccccc2)C1. The van der Waals surface area contributed by atoms with E-state index in [1.807, 2.05) is 30.3 Å². The lowest BCUT2D eigenvalue weighted by Gasteiger charge is -2.32. The molecule has 27 heavy (non-hydrogen) atoms. The first-order valence-electron chi connectivity index (χ1n) is 9.36. The predicted molar refractivity (Wildman–Crippen MR) is 100 cm³/mol. The summed E-state index contributed by atoms with van der Waals surface area (Å²) in [5.41, 5.74) is 1.03. The van der Waals surface area contributed by atoms with Crippen LogP contribution in [-0.2, 0) is 25.5 Å². The van der Waals surface area contributed by atoms with Crippen molar-refractivity contribution in [3.8, 4) is 0 Å². The van der Waals surface area contributed by atoms with Crippen molar-refractivity contribution in [1.82, 2.24) is 10.2 Å². The summed E-state index contributed by atoms with van der Waals surface area (Å²) >= 11 is 0. The molecule has 0 saturated carbocycles. The molecule has 2 atom stereocenters. The van der Waals surface area contributed by atoms with E-state index in [1.165, 1.54) is 7.11 Å². The minimum Gasteiger partial charge on any atom is -0.469 e. The molecule has 148 valence electrons. The van der Waals surface area contributed by atoms with Gasteiger partial charge in [-0.1, -0.05) is 30.3 Å². The van der Waals surface area contributed by atoms with Gasteiger partial charge in [-0.3, -0.25) is 9.59 Å². The van der Waals surface area contributed by atoms with Crippen molar-refractivity contribution in [2.45, 2.75) is 38.6 Å². The summed E-state index contributed by atoms with van der Waals surface area (Å²) in [6.45, 7) is 3.00. The minimum absolute atomic E-state index is 0.103. The number of ether oxygens (including phenoxy) is 2. The van der Waals surface area contributed by atoms with Crippen LogP contribution < -0.4 is 5.32 Å². The molecule has 1 aliphatic heterocycles. The van der Waals surface area contributed by atoms with Crippen molar-refractivity contribution in [1.29, 1.82) is 0 Å². The van der Waals surface area contributed by atoms with Gasteiger partial charge in [0.2, 0.25) is 5.91 Å². The molecule has 1 aliphatic rings. The van der Waals surface area contributed by atoms with Crippen LogP contribution in [-0.4, -0.2) is 55.7 Å². The number of carbonyl (C=O) groups is 3. The molecule has 0 aromatic heterocycles. The zero-order valence-electron chi connectivity index (χ0n) is 16.0. The fraction of sp³-hybridized carbons (Fsp3) is 0.550. The van der Waals surface area contributed by atoms with Gasteiger partial charge in [-0.05, 0) is 31.7 Å². The molecule has 2 amide bonds. The standard InChI is InChI=1S/C20H28N2O5/c1-3-27-20(25)22-11-7-10-16(14-22)19(24)21-17(13-18(23)26-2)12-15-8-5-4-6-9-15/h4-6,8-9,16-17H,3,7,10-14H2,1-2H3,(H,21,24). The Kier molecular flexibility index (Phi) is 8.10. The molecule has 7 heteroatoms. The lowest BCUT2D eigenvalue weighted by molar-refractivity contribution is -0.141. The topological polar surface area (TPSA) is 84.9 Å². The van der Waals surface area contributed by atoms with Crippen LogP contribution in [0, 0.1) is 5.92 Å². The maximum absolute atomic E-state index is 12.8. The Morgan fingerprint density at radius 3 is 2.67 bits per heavy atom. The van der Waals surface area contributed by atoms with Crippen LogP contribution in [0.15, 0.2) is 30.3 Å². The molecule has 0 bridgehead atoms. The Balaban J connectivity index is 1.99. The summed E-state index contributed by atoms with van der Waals surface area (Å²) in [7, 11) is 1.34. The highest BCUT2D eigenvalue weighted by molar-refractivity contribution is 5.81. The molecule has 0 radical (unpaired) electrons. The zero-order chi connectivity index (χ0) is 19.6. The van der Waals surface area contributed by atoms with E-state index in [4.69, 9.17) is 9.47 Å². The summed E-state index contributed by atoms with van der Waals surface area (Å²) in [5, 5.41) is 2.97. The van der Waals surface area contributed by atoms with Crippen LogP contribution in [0.2, 0.25) is 0 Å². The van der Waals surface area contributed by atoms with Crippen molar-refractivity contribution in [2.24, 2.45) is 5.92 Å². The summed E-state index contributed by atoms with van der Waals surface area (Å²) < 4.78 is 9.79. The smallest absolute Gasteiger partial charge is 0.409 e. The van der Waals surface area contributed by atoms with E-state index in [1.54, 1.807) is 11.8 Å². The molecule has 2 rings (SSSR count). The Morgan fingerprint density at radius 2 is 2.00 bits per heavy atom. The van der Waals surface area contributed by atoms with Gasteiger partial charge in [-0.15, -0.1) is 0 Å². The number of nitrogens with zero attached hydrogens (tertiary/aromatic N) is 1. The van der Waals surface area contributed by atoms with Crippen LogP contribution >= 0.6 is 0 Å². The third-order valence-electron chi connectivity index (χ3n) is 4.63. The van der Waals surface area contributed by atoms with E-state index in [0.29, 0.717) is 32.5 Å². The Labute approximate surface area is 160 Å². The number of methoxy groups -OCH3 is 1. The molecule has 1 heterocycles. The van der Waals surface area contributed by atoms with Crippen molar-refractivity contribution < 1.29 is 23.9 Å². The molecule has 1 aromatic rings. The number of esters is 1. The second-order valence-corrected chi connectivity index (χ2v) is 6.66. The van der Waals surface area contributed by atoms with Crippen LogP contribution in [0.3, 0.4) is 0 Å². The summed E-state index contributed by atoms with van der Waals surface area (Å²) in [4.78, 5) is 38.0. The number of benzene rings is 1. The number of hydrogen-bond donors (Lipinski definition) is 1. The van der Waals surface area contributed by atoms with E-state index in [9.17, 15) is 14.4 Å². The van der Waals surface area contributed by atoms with Gasteiger partial charge >= 0.3 is 12.1 Å². The molecule has 1 N–H and O–H groups in total. The number of hydrogen-bond acceptors (Lipinski definition) is 5. The van der Waals surface area contributed by atoms with Gasteiger partial charge in [0.05, 0.1) is 26.1 Å². The lowest BCUT2D eigenvalue weighted by atomic mass is 9.96. The van der Waals surface area contributed by atoms with Gasteiger partial charge in [-0.2, -0.15) is 0 Å². The van der Waals surface area contributed by atoms with E-state index in [0.717, 1.165) is 12.0 Å². The lowest BCUT2D eigenvalue weighted by Crippen LogP contribution is -2.48. The summed E-state index contributed by atoms with van der Waals surface area (Å²) in [6, 6.07) is 9.32. The third-order valence-corrected chi connectivity index (χ3v) is 4.63. The monoisotopic (exact) mass is 376 g/mol. The van der Waals surface area contributed by atoms with Gasteiger partial charge in [-0.25, -0.2) is 4.79 Å². The highest BCUT2D eigenvalue weighted by Gasteiger charge is 2.30. The van der Waals surface area contributed by atoms with E-state index >= 15 is 0 Å². The minimum atomic E-state index is -0.384. The molecular weight excluding hydrogens is 348 g/mol. The maximum atomic E-state index is 12.8. The normalized spacial score (nSPS) is 17.7. The van der Waals surface area contributed by atoms with Gasteiger partial charge < -0.3 is 19.7 Å². The van der Waals surface area contributed by atoms with Gasteiger partial charge in [0.15, 0.2) is 0 Å². The Bertz CT molecular complexity index is 635. The van der Waals surface area contributed by atoms with Crippen LogP contribution in [0.25, 0.3) is 0 Å². The number of rotatable bonds is 7. The molecule has 1 fully saturated rings. The summed E-state index contributed by atoms with van der Waals surface area (Å²) in [6.07, 6.45) is 1.71. The average molecular weight is 376 g/mol. The first kappa shape index (κ1) is 20.7. The molecule has 0 aliphatic carbocycles. The highest BCUT2D eigenvalue weighted by Crippen LogP contribution is 2.18. The fourth-order valence-electron chi connectivity index (χ4n) is 3.25. The average Bonchev–Trinajstić information content (AvgIpc) is 2.68. The molecule has 1 saturated heterocycles. The molecule has 1 aromatic carbocycles. The maximum Gasteiger partial charge on any atom is 0.409 e. The van der Waals surface area contributed by atoms with Gasteiger partial charge in [0, 0.05) is 19.1 Å². The van der Waals surface area contributed by atoms with Crippen LogP contribution in [0.4, 0.5) is 4.79 Å².